The van der Waals surface area contributed by atoms with Crippen LogP contribution in [0.2, 0.25) is 0 Å². The third kappa shape index (κ3) is 1.23. The van der Waals surface area contributed by atoms with Gasteiger partial charge in [0.05, 0.1) is 12.5 Å². The third-order valence-electron chi connectivity index (χ3n) is 2.77. The van der Waals surface area contributed by atoms with Crippen LogP contribution in [0.25, 0.3) is 11.1 Å². The van der Waals surface area contributed by atoms with Gasteiger partial charge in [-0.15, -0.1) is 0 Å². The summed E-state index contributed by atoms with van der Waals surface area (Å²) in [7, 11) is 0. The van der Waals surface area contributed by atoms with Crippen LogP contribution in [0, 0.1) is 5.82 Å². The number of nitrogens with one attached hydrogen (secondary N) is 1. The van der Waals surface area contributed by atoms with Gasteiger partial charge in [-0.05, 0) is 24.6 Å². The van der Waals surface area contributed by atoms with Gasteiger partial charge in [0.1, 0.15) is 5.82 Å². The smallest absolute Gasteiger partial charge is 0.136 e. The molecule has 1 aliphatic rings. The van der Waals surface area contributed by atoms with Crippen molar-refractivity contribution < 1.29 is 8.81 Å². The quantitative estimate of drug-likeness (QED) is 0.770. The van der Waals surface area contributed by atoms with Crippen LogP contribution in [0.1, 0.15) is 5.56 Å². The molecule has 1 aliphatic heterocycles. The molecule has 0 fully saturated rings. The van der Waals surface area contributed by atoms with Gasteiger partial charge in [-0.1, -0.05) is 0 Å². The summed E-state index contributed by atoms with van der Waals surface area (Å²) in [5, 5.41) is 3.15. The second kappa shape index (κ2) is 3.12. The summed E-state index contributed by atoms with van der Waals surface area (Å²) in [6, 6.07) is 5.48. The highest BCUT2D eigenvalue weighted by Gasteiger charge is 2.18. The Morgan fingerprint density at radius 2 is 2.20 bits per heavy atom. The lowest BCUT2D eigenvalue weighted by Crippen LogP contribution is -1.90. The molecular weight excluding hydrogens is 193 g/mol. The van der Waals surface area contributed by atoms with Crippen LogP contribution in [0.15, 0.2) is 35.1 Å². The van der Waals surface area contributed by atoms with Gasteiger partial charge in [0.15, 0.2) is 0 Å². The van der Waals surface area contributed by atoms with Crippen LogP contribution < -0.4 is 5.32 Å². The van der Waals surface area contributed by atoms with E-state index in [1.165, 1.54) is 0 Å². The summed E-state index contributed by atoms with van der Waals surface area (Å²) in [4.78, 5) is 0. The molecule has 0 saturated heterocycles. The van der Waals surface area contributed by atoms with Crippen LogP contribution in [-0.2, 0) is 6.42 Å². The Hall–Kier alpha value is -1.77. The second-order valence-corrected chi connectivity index (χ2v) is 3.64. The molecule has 3 rings (SSSR count). The minimum Gasteiger partial charge on any atom is -0.472 e. The van der Waals surface area contributed by atoms with Crippen LogP contribution in [0.4, 0.5) is 10.1 Å². The molecule has 3 heteroatoms. The molecule has 0 saturated carbocycles. The zero-order chi connectivity index (χ0) is 10.3. The molecule has 0 bridgehead atoms. The number of hydrogen-bond acceptors (Lipinski definition) is 2. The van der Waals surface area contributed by atoms with Crippen molar-refractivity contribution in [3.63, 3.8) is 0 Å². The van der Waals surface area contributed by atoms with Crippen molar-refractivity contribution in [2.45, 2.75) is 6.42 Å². The van der Waals surface area contributed by atoms with Crippen molar-refractivity contribution in [2.24, 2.45) is 0 Å². The van der Waals surface area contributed by atoms with Crippen LogP contribution in [0.3, 0.4) is 0 Å². The fourth-order valence-corrected chi connectivity index (χ4v) is 1.99. The first-order valence-corrected chi connectivity index (χ1v) is 4.94. The van der Waals surface area contributed by atoms with Crippen molar-refractivity contribution in [3.8, 4) is 11.1 Å². The molecule has 0 aliphatic carbocycles. The second-order valence-electron chi connectivity index (χ2n) is 3.64. The van der Waals surface area contributed by atoms with Gasteiger partial charge in [0.25, 0.3) is 0 Å². The predicted molar refractivity (Wildman–Crippen MR) is 56.3 cm³/mol. The summed E-state index contributed by atoms with van der Waals surface area (Å²) < 4.78 is 19.0. The highest BCUT2D eigenvalue weighted by molar-refractivity contribution is 5.70. The summed E-state index contributed by atoms with van der Waals surface area (Å²) in [5.41, 5.74) is 3.11. The summed E-state index contributed by atoms with van der Waals surface area (Å²) in [6.07, 6.45) is 3.88. The Morgan fingerprint density at radius 1 is 1.27 bits per heavy atom. The fourth-order valence-electron chi connectivity index (χ4n) is 1.99. The SMILES string of the molecule is Fc1c(-c2ccoc2)ccc2c1CCN2. The van der Waals surface area contributed by atoms with Gasteiger partial charge in [0, 0.05) is 28.9 Å². The molecule has 0 amide bonds. The molecule has 0 unspecified atom stereocenters. The minimum atomic E-state index is -0.126. The number of fused-ring (bicyclic) bond motifs is 1. The molecule has 0 atom stereocenters. The minimum absolute atomic E-state index is 0.126. The monoisotopic (exact) mass is 203 g/mol. The van der Waals surface area contributed by atoms with Crippen LogP contribution >= 0.6 is 0 Å². The highest BCUT2D eigenvalue weighted by Crippen LogP contribution is 2.32. The maximum Gasteiger partial charge on any atom is 0.136 e. The van der Waals surface area contributed by atoms with Gasteiger partial charge in [-0.2, -0.15) is 0 Å². The first kappa shape index (κ1) is 8.53. The predicted octanol–water partition coefficient (Wildman–Crippen LogP) is 3.05. The third-order valence-corrected chi connectivity index (χ3v) is 2.77. The fraction of sp³-hybridized carbons (Fsp3) is 0.167. The maximum atomic E-state index is 14.1. The molecule has 0 radical (unpaired) electrons. The van der Waals surface area contributed by atoms with Gasteiger partial charge >= 0.3 is 0 Å². The van der Waals surface area contributed by atoms with E-state index in [1.807, 2.05) is 6.07 Å². The van der Waals surface area contributed by atoms with Gasteiger partial charge in [-0.25, -0.2) is 4.39 Å². The molecule has 2 aromatic rings. The summed E-state index contributed by atoms with van der Waals surface area (Å²) in [5.74, 6) is -0.126. The van der Waals surface area contributed by atoms with E-state index in [0.29, 0.717) is 5.56 Å². The van der Waals surface area contributed by atoms with E-state index in [-0.39, 0.29) is 5.82 Å². The molecule has 76 valence electrons. The maximum absolute atomic E-state index is 14.1. The lowest BCUT2D eigenvalue weighted by atomic mass is 10.0. The molecule has 2 heterocycles. The molecule has 1 aromatic carbocycles. The number of halogens is 1. The van der Waals surface area contributed by atoms with Gasteiger partial charge in [-0.3, -0.25) is 0 Å². The number of hydrogen-bond donors (Lipinski definition) is 1. The van der Waals surface area contributed by atoms with E-state index in [0.717, 1.165) is 29.8 Å². The van der Waals surface area contributed by atoms with Crippen LogP contribution in [-0.4, -0.2) is 6.54 Å². The lowest BCUT2D eigenvalue weighted by molar-refractivity contribution is 0.567. The summed E-state index contributed by atoms with van der Waals surface area (Å²) >= 11 is 0. The van der Waals surface area contributed by atoms with E-state index in [9.17, 15) is 4.39 Å². The van der Waals surface area contributed by atoms with Gasteiger partial charge in [0.2, 0.25) is 0 Å². The number of furan rings is 1. The molecule has 2 nitrogen and oxygen atoms in total. The number of anilines is 1. The lowest BCUT2D eigenvalue weighted by Gasteiger charge is -2.05. The Kier molecular flexibility index (Phi) is 1.78. The molecule has 1 aromatic heterocycles. The molecule has 1 N–H and O–H groups in total. The zero-order valence-corrected chi connectivity index (χ0v) is 8.09. The average Bonchev–Trinajstić information content (AvgIpc) is 2.87. The number of benzene rings is 1. The largest absolute Gasteiger partial charge is 0.472 e. The average molecular weight is 203 g/mol. The Bertz CT molecular complexity index is 491. The van der Waals surface area contributed by atoms with Crippen molar-refractivity contribution in [1.29, 1.82) is 0 Å². The first-order chi connectivity index (χ1) is 7.36. The summed E-state index contributed by atoms with van der Waals surface area (Å²) in [6.45, 7) is 0.821. The van der Waals surface area contributed by atoms with Gasteiger partial charge < -0.3 is 9.73 Å². The van der Waals surface area contributed by atoms with Crippen molar-refractivity contribution >= 4 is 5.69 Å². The standard InChI is InChI=1S/C12H10FNO/c13-12-9(8-4-6-15-7-8)1-2-11-10(12)3-5-14-11/h1-2,4,6-7,14H,3,5H2. The Balaban J connectivity index is 2.18. The van der Waals surface area contributed by atoms with E-state index in [4.69, 9.17) is 4.42 Å². The number of rotatable bonds is 1. The molecule has 15 heavy (non-hydrogen) atoms. The van der Waals surface area contributed by atoms with E-state index >= 15 is 0 Å². The first-order valence-electron chi connectivity index (χ1n) is 4.94. The van der Waals surface area contributed by atoms with Crippen molar-refractivity contribution in [2.75, 3.05) is 11.9 Å². The van der Waals surface area contributed by atoms with Crippen molar-refractivity contribution in [1.82, 2.24) is 0 Å². The zero-order valence-electron chi connectivity index (χ0n) is 8.09. The molecular formula is C12H10FNO. The topological polar surface area (TPSA) is 25.2 Å². The van der Waals surface area contributed by atoms with E-state index in [2.05, 4.69) is 5.32 Å². The van der Waals surface area contributed by atoms with Crippen molar-refractivity contribution in [3.05, 3.63) is 42.1 Å². The van der Waals surface area contributed by atoms with E-state index in [1.54, 1.807) is 24.7 Å². The normalized spacial score (nSPS) is 13.7. The Labute approximate surface area is 86.7 Å². The molecule has 0 spiro atoms. The van der Waals surface area contributed by atoms with E-state index < -0.39 is 0 Å². The highest BCUT2D eigenvalue weighted by atomic mass is 19.1. The van der Waals surface area contributed by atoms with Crippen LogP contribution in [0.5, 0.6) is 0 Å². The Morgan fingerprint density at radius 3 is 3.00 bits per heavy atom.